The van der Waals surface area contributed by atoms with E-state index in [0.29, 0.717) is 5.92 Å². The highest BCUT2D eigenvalue weighted by Gasteiger charge is 2.51. The van der Waals surface area contributed by atoms with E-state index in [0.717, 1.165) is 11.9 Å². The minimum atomic E-state index is -0.368. The average Bonchev–Trinajstić information content (AvgIpc) is 3.28. The third kappa shape index (κ3) is 3.67. The van der Waals surface area contributed by atoms with Crippen LogP contribution in [0.5, 0.6) is 0 Å². The monoisotopic (exact) mass is 461 g/mol. The van der Waals surface area contributed by atoms with Gasteiger partial charge < -0.3 is 13.9 Å². The Balaban J connectivity index is 1.50. The highest BCUT2D eigenvalue weighted by atomic mass is 16.7. The first-order valence-corrected chi connectivity index (χ1v) is 12.6. The lowest BCUT2D eigenvalue weighted by Gasteiger charge is -2.32. The van der Waals surface area contributed by atoms with Gasteiger partial charge >= 0.3 is 7.12 Å². The van der Waals surface area contributed by atoms with Gasteiger partial charge in [-0.1, -0.05) is 73.7 Å². The molecule has 0 bridgehead atoms. The molecule has 1 aliphatic carbocycles. The lowest BCUT2D eigenvalue weighted by Crippen LogP contribution is -2.41. The molecule has 1 unspecified atom stereocenters. The number of para-hydroxylation sites is 1. The highest BCUT2D eigenvalue weighted by molar-refractivity contribution is 6.62. The van der Waals surface area contributed by atoms with E-state index in [1.807, 2.05) is 0 Å². The summed E-state index contributed by atoms with van der Waals surface area (Å²) in [6, 6.07) is 26.1. The van der Waals surface area contributed by atoms with Crippen molar-refractivity contribution in [2.45, 2.75) is 52.2 Å². The van der Waals surface area contributed by atoms with Gasteiger partial charge in [-0.2, -0.15) is 0 Å². The summed E-state index contributed by atoms with van der Waals surface area (Å²) in [4.78, 5) is 0. The van der Waals surface area contributed by atoms with E-state index < -0.39 is 0 Å². The Morgan fingerprint density at radius 1 is 0.800 bits per heavy atom. The summed E-state index contributed by atoms with van der Waals surface area (Å²) >= 11 is 0. The molecule has 1 atom stereocenters. The van der Waals surface area contributed by atoms with Crippen molar-refractivity contribution in [1.29, 1.82) is 0 Å². The summed E-state index contributed by atoms with van der Waals surface area (Å²) in [5.74, 6) is 0.463. The van der Waals surface area contributed by atoms with Crippen LogP contribution in [0.4, 0.5) is 0 Å². The molecule has 4 aromatic rings. The minimum absolute atomic E-state index is 0.357. The van der Waals surface area contributed by atoms with Crippen LogP contribution in [-0.4, -0.2) is 22.9 Å². The van der Waals surface area contributed by atoms with Crippen LogP contribution in [0.1, 0.15) is 46.6 Å². The van der Waals surface area contributed by atoms with Crippen LogP contribution in [-0.2, 0) is 9.31 Å². The van der Waals surface area contributed by atoms with Crippen molar-refractivity contribution in [3.63, 3.8) is 0 Å². The van der Waals surface area contributed by atoms with Crippen molar-refractivity contribution in [2.75, 3.05) is 0 Å². The Morgan fingerprint density at radius 3 is 2.20 bits per heavy atom. The zero-order valence-corrected chi connectivity index (χ0v) is 21.2. The van der Waals surface area contributed by atoms with Gasteiger partial charge in [-0.25, -0.2) is 0 Å². The molecule has 3 nitrogen and oxygen atoms in total. The lowest BCUT2D eigenvalue weighted by molar-refractivity contribution is 0.00578. The molecule has 2 aliphatic rings. The number of allylic oxidation sites excluding steroid dienone is 4. The fourth-order valence-corrected chi connectivity index (χ4v) is 5.37. The Morgan fingerprint density at radius 2 is 1.46 bits per heavy atom. The molecule has 35 heavy (non-hydrogen) atoms. The van der Waals surface area contributed by atoms with Gasteiger partial charge in [-0.05, 0) is 74.8 Å². The molecule has 0 radical (unpaired) electrons. The van der Waals surface area contributed by atoms with Crippen molar-refractivity contribution in [2.24, 2.45) is 5.92 Å². The number of nitrogens with zero attached hydrogens (tertiary/aromatic N) is 1. The van der Waals surface area contributed by atoms with E-state index in [9.17, 15) is 0 Å². The van der Waals surface area contributed by atoms with Gasteiger partial charge in [-0.15, -0.1) is 0 Å². The number of hydrogen-bond donors (Lipinski definition) is 0. The first kappa shape index (κ1) is 22.4. The SMILES string of the molecule is CC1C=C(c2ccccc2)C=C(n2c3ccccc3c3cc(B4OC(C)(C)C(C)(C)O4)ccc32)C1. The van der Waals surface area contributed by atoms with Crippen LogP contribution in [0.2, 0.25) is 0 Å². The van der Waals surface area contributed by atoms with Gasteiger partial charge in [0, 0.05) is 16.5 Å². The second kappa shape index (κ2) is 7.98. The number of hydrogen-bond acceptors (Lipinski definition) is 2. The van der Waals surface area contributed by atoms with E-state index in [1.54, 1.807) is 0 Å². The molecule has 1 fully saturated rings. The van der Waals surface area contributed by atoms with Crippen LogP contribution in [0.15, 0.2) is 84.9 Å². The van der Waals surface area contributed by atoms with Crippen LogP contribution in [0.3, 0.4) is 0 Å². The molecule has 3 aromatic carbocycles. The van der Waals surface area contributed by atoms with Gasteiger partial charge in [0.25, 0.3) is 0 Å². The van der Waals surface area contributed by atoms with Crippen LogP contribution in [0.25, 0.3) is 33.1 Å². The summed E-state index contributed by atoms with van der Waals surface area (Å²) in [6.45, 7) is 10.7. The Hall–Kier alpha value is -3.08. The normalized spacial score (nSPS) is 21.4. The molecule has 4 heteroatoms. The molecule has 0 saturated carbocycles. The largest absolute Gasteiger partial charge is 0.494 e. The zero-order chi connectivity index (χ0) is 24.4. The average molecular weight is 461 g/mol. The molecule has 1 saturated heterocycles. The predicted molar refractivity (Wildman–Crippen MR) is 148 cm³/mol. The topological polar surface area (TPSA) is 23.4 Å². The fraction of sp³-hybridized carbons (Fsp3) is 0.290. The number of fused-ring (bicyclic) bond motifs is 3. The highest BCUT2D eigenvalue weighted by Crippen LogP contribution is 2.39. The third-order valence-electron chi connectivity index (χ3n) is 7.93. The molecular weight excluding hydrogens is 429 g/mol. The molecule has 0 spiro atoms. The van der Waals surface area contributed by atoms with Gasteiger partial charge in [0.05, 0.1) is 22.2 Å². The van der Waals surface area contributed by atoms with E-state index in [4.69, 9.17) is 9.31 Å². The quantitative estimate of drug-likeness (QED) is 0.305. The van der Waals surface area contributed by atoms with E-state index >= 15 is 0 Å². The molecule has 1 aliphatic heterocycles. The van der Waals surface area contributed by atoms with Crippen molar-refractivity contribution in [1.82, 2.24) is 4.57 Å². The number of rotatable bonds is 3. The van der Waals surface area contributed by atoms with Gasteiger partial charge in [0.2, 0.25) is 0 Å². The molecule has 0 N–H and O–H groups in total. The van der Waals surface area contributed by atoms with Gasteiger partial charge in [0.1, 0.15) is 0 Å². The lowest BCUT2D eigenvalue weighted by atomic mass is 9.78. The molecule has 1 aromatic heterocycles. The minimum Gasteiger partial charge on any atom is -0.399 e. The fourth-order valence-electron chi connectivity index (χ4n) is 5.37. The summed E-state index contributed by atoms with van der Waals surface area (Å²) in [6.07, 6.45) is 5.76. The molecular formula is C31H32BNO2. The van der Waals surface area contributed by atoms with Crippen molar-refractivity contribution in [3.8, 4) is 0 Å². The predicted octanol–water partition coefficient (Wildman–Crippen LogP) is 7.06. The maximum atomic E-state index is 6.36. The van der Waals surface area contributed by atoms with Gasteiger partial charge in [-0.3, -0.25) is 0 Å². The van der Waals surface area contributed by atoms with Crippen LogP contribution >= 0.6 is 0 Å². The molecule has 176 valence electrons. The second-order valence-corrected chi connectivity index (χ2v) is 11.0. The molecule has 0 amide bonds. The summed E-state index contributed by atoms with van der Waals surface area (Å²) in [7, 11) is -0.368. The van der Waals surface area contributed by atoms with E-state index in [2.05, 4.69) is 124 Å². The van der Waals surface area contributed by atoms with Crippen LogP contribution < -0.4 is 5.46 Å². The second-order valence-electron chi connectivity index (χ2n) is 11.0. The first-order chi connectivity index (χ1) is 16.7. The summed E-state index contributed by atoms with van der Waals surface area (Å²) in [5, 5.41) is 2.49. The molecule has 2 heterocycles. The Labute approximate surface area is 208 Å². The number of aromatic nitrogens is 1. The standard InChI is InChI=1S/C31H32BNO2/c1-21-17-23(22-11-7-6-8-12-22)19-25(18-21)33-28-14-10-9-13-26(28)27-20-24(15-16-29(27)33)32-34-30(2,3)31(4,5)35-32/h6-17,19-21H,18H2,1-5H3. The third-order valence-corrected chi connectivity index (χ3v) is 7.93. The van der Waals surface area contributed by atoms with Gasteiger partial charge in [0.15, 0.2) is 0 Å². The Kier molecular flexibility index (Phi) is 5.10. The Bertz CT molecular complexity index is 1480. The summed E-state index contributed by atoms with van der Waals surface area (Å²) < 4.78 is 15.2. The smallest absolute Gasteiger partial charge is 0.399 e. The van der Waals surface area contributed by atoms with Crippen molar-refractivity contribution < 1.29 is 9.31 Å². The van der Waals surface area contributed by atoms with Crippen molar-refractivity contribution in [3.05, 3.63) is 90.5 Å². The van der Waals surface area contributed by atoms with E-state index in [1.165, 1.54) is 38.6 Å². The maximum Gasteiger partial charge on any atom is 0.494 e. The number of benzene rings is 3. The molecule has 6 rings (SSSR count). The van der Waals surface area contributed by atoms with Crippen LogP contribution in [0, 0.1) is 5.92 Å². The van der Waals surface area contributed by atoms with Crippen molar-refractivity contribution >= 4 is 45.7 Å². The zero-order valence-electron chi connectivity index (χ0n) is 21.2. The summed E-state index contributed by atoms with van der Waals surface area (Å²) in [5.41, 5.74) is 6.69. The maximum absolute atomic E-state index is 6.36. The first-order valence-electron chi connectivity index (χ1n) is 12.6. The van der Waals surface area contributed by atoms with E-state index in [-0.39, 0.29) is 18.3 Å².